The summed E-state index contributed by atoms with van der Waals surface area (Å²) in [4.78, 5) is 6.14. The molecule has 0 spiro atoms. The molecule has 0 aliphatic rings. The minimum atomic E-state index is -3.67. The zero-order valence-corrected chi connectivity index (χ0v) is 9.40. The van der Waals surface area contributed by atoms with Gasteiger partial charge >= 0.3 is 0 Å². The Labute approximate surface area is 98.0 Å². The molecular formula is C10H8N4O2S. The van der Waals surface area contributed by atoms with E-state index in [1.807, 2.05) is 6.07 Å². The Hall–Kier alpha value is -2.33. The molecule has 2 rings (SSSR count). The zero-order chi connectivity index (χ0) is 12.3. The first-order chi connectivity index (χ1) is 8.12. The van der Waals surface area contributed by atoms with Crippen LogP contribution in [-0.2, 0) is 10.0 Å². The van der Waals surface area contributed by atoms with Gasteiger partial charge in [0.1, 0.15) is 0 Å². The largest absolute Gasteiger partial charge is 0.334 e. The van der Waals surface area contributed by atoms with E-state index in [1.54, 1.807) is 18.2 Å². The first-order valence-electron chi connectivity index (χ1n) is 4.63. The highest BCUT2D eigenvalue weighted by Gasteiger charge is 2.15. The second-order valence-electron chi connectivity index (χ2n) is 3.21. The van der Waals surface area contributed by atoms with E-state index in [1.165, 1.54) is 18.6 Å². The number of imidazole rings is 1. The third kappa shape index (κ3) is 2.43. The maximum atomic E-state index is 11.8. The van der Waals surface area contributed by atoms with Crippen molar-refractivity contribution in [3.05, 3.63) is 42.4 Å². The summed E-state index contributed by atoms with van der Waals surface area (Å²) in [7, 11) is -3.67. The lowest BCUT2D eigenvalue weighted by Crippen LogP contribution is -2.13. The molecule has 1 aromatic carbocycles. The fourth-order valence-corrected chi connectivity index (χ4v) is 2.21. The third-order valence-corrected chi connectivity index (χ3v) is 3.31. The smallest absolute Gasteiger partial charge is 0.278 e. The van der Waals surface area contributed by atoms with Crippen LogP contribution in [0, 0.1) is 11.3 Å². The van der Waals surface area contributed by atoms with Gasteiger partial charge in [-0.25, -0.2) is 4.98 Å². The van der Waals surface area contributed by atoms with Crippen molar-refractivity contribution in [1.82, 2.24) is 9.97 Å². The number of aromatic amines is 1. The highest BCUT2D eigenvalue weighted by atomic mass is 32.2. The van der Waals surface area contributed by atoms with Gasteiger partial charge in [0.05, 0.1) is 29.8 Å². The van der Waals surface area contributed by atoms with E-state index in [4.69, 9.17) is 5.26 Å². The molecule has 0 saturated carbocycles. The molecule has 0 atom stereocenters. The quantitative estimate of drug-likeness (QED) is 0.849. The highest BCUT2D eigenvalue weighted by Crippen LogP contribution is 2.14. The van der Waals surface area contributed by atoms with Crippen molar-refractivity contribution in [2.75, 3.05) is 4.72 Å². The molecule has 7 heteroatoms. The van der Waals surface area contributed by atoms with E-state index in [2.05, 4.69) is 14.7 Å². The van der Waals surface area contributed by atoms with Gasteiger partial charge in [-0.1, -0.05) is 6.07 Å². The molecule has 0 bridgehead atoms. The fourth-order valence-electron chi connectivity index (χ4n) is 1.25. The van der Waals surface area contributed by atoms with Crippen molar-refractivity contribution in [2.24, 2.45) is 0 Å². The van der Waals surface area contributed by atoms with Crippen LogP contribution in [0.1, 0.15) is 5.56 Å². The molecule has 17 heavy (non-hydrogen) atoms. The summed E-state index contributed by atoms with van der Waals surface area (Å²) in [6.07, 6.45) is 2.48. The lowest BCUT2D eigenvalue weighted by atomic mass is 10.2. The van der Waals surface area contributed by atoms with Crippen molar-refractivity contribution in [3.8, 4) is 6.07 Å². The maximum Gasteiger partial charge on any atom is 0.278 e. The van der Waals surface area contributed by atoms with Gasteiger partial charge in [0.15, 0.2) is 5.03 Å². The Bertz CT molecular complexity index is 656. The first kappa shape index (κ1) is 11.2. The van der Waals surface area contributed by atoms with Crippen LogP contribution in [0.25, 0.3) is 0 Å². The van der Waals surface area contributed by atoms with Crippen molar-refractivity contribution >= 4 is 15.7 Å². The summed E-state index contributed by atoms with van der Waals surface area (Å²) in [5.41, 5.74) is 0.716. The number of hydrogen-bond donors (Lipinski definition) is 2. The molecule has 0 unspecified atom stereocenters. The number of sulfonamides is 1. The second kappa shape index (κ2) is 4.27. The van der Waals surface area contributed by atoms with E-state index in [0.717, 1.165) is 0 Å². The number of rotatable bonds is 3. The SMILES string of the molecule is N#Cc1cccc(NS(=O)(=O)c2cnc[nH]2)c1. The van der Waals surface area contributed by atoms with E-state index >= 15 is 0 Å². The van der Waals surface area contributed by atoms with E-state index < -0.39 is 10.0 Å². The summed E-state index contributed by atoms with van der Waals surface area (Å²) >= 11 is 0. The van der Waals surface area contributed by atoms with Gasteiger partial charge in [-0.15, -0.1) is 0 Å². The predicted octanol–water partition coefficient (Wildman–Crippen LogP) is 1.08. The van der Waals surface area contributed by atoms with Crippen LogP contribution < -0.4 is 4.72 Å². The molecule has 86 valence electrons. The van der Waals surface area contributed by atoms with Crippen molar-refractivity contribution in [2.45, 2.75) is 5.03 Å². The number of aromatic nitrogens is 2. The predicted molar refractivity (Wildman–Crippen MR) is 60.6 cm³/mol. The average Bonchev–Trinajstić information content (AvgIpc) is 2.83. The van der Waals surface area contributed by atoms with Crippen molar-refractivity contribution < 1.29 is 8.42 Å². The Morgan fingerprint density at radius 3 is 2.88 bits per heavy atom. The molecule has 1 heterocycles. The zero-order valence-electron chi connectivity index (χ0n) is 8.58. The van der Waals surface area contributed by atoms with E-state index in [0.29, 0.717) is 11.3 Å². The van der Waals surface area contributed by atoms with Crippen molar-refractivity contribution in [3.63, 3.8) is 0 Å². The van der Waals surface area contributed by atoms with Crippen LogP contribution in [0.4, 0.5) is 5.69 Å². The van der Waals surface area contributed by atoms with Gasteiger partial charge in [0.25, 0.3) is 10.0 Å². The molecular weight excluding hydrogens is 240 g/mol. The van der Waals surface area contributed by atoms with E-state index in [9.17, 15) is 8.42 Å². The Balaban J connectivity index is 2.30. The molecule has 0 fully saturated rings. The number of nitrogens with one attached hydrogen (secondary N) is 2. The molecule has 0 radical (unpaired) electrons. The number of hydrogen-bond acceptors (Lipinski definition) is 4. The lowest BCUT2D eigenvalue weighted by molar-refractivity contribution is 0.598. The molecule has 2 N–H and O–H groups in total. The molecule has 6 nitrogen and oxygen atoms in total. The lowest BCUT2D eigenvalue weighted by Gasteiger charge is -2.05. The number of nitriles is 1. The molecule has 0 saturated heterocycles. The van der Waals surface area contributed by atoms with Crippen LogP contribution in [0.2, 0.25) is 0 Å². The fraction of sp³-hybridized carbons (Fsp3) is 0. The van der Waals surface area contributed by atoms with Crippen LogP contribution >= 0.6 is 0 Å². The van der Waals surface area contributed by atoms with Gasteiger partial charge in [0, 0.05) is 0 Å². The first-order valence-corrected chi connectivity index (χ1v) is 6.11. The van der Waals surface area contributed by atoms with Crippen LogP contribution in [-0.4, -0.2) is 18.4 Å². The Morgan fingerprint density at radius 2 is 2.24 bits per heavy atom. The minimum Gasteiger partial charge on any atom is -0.334 e. The maximum absolute atomic E-state index is 11.8. The standard InChI is InChI=1S/C10H8N4O2S/c11-5-8-2-1-3-9(4-8)14-17(15,16)10-6-12-7-13-10/h1-4,6-7,14H,(H,12,13). The molecule has 0 aliphatic carbocycles. The molecule has 0 aliphatic heterocycles. The average molecular weight is 248 g/mol. The summed E-state index contributed by atoms with van der Waals surface area (Å²) in [6, 6.07) is 8.14. The van der Waals surface area contributed by atoms with Crippen LogP contribution in [0.5, 0.6) is 0 Å². The minimum absolute atomic E-state index is 0.0279. The van der Waals surface area contributed by atoms with E-state index in [-0.39, 0.29) is 5.03 Å². The Kier molecular flexibility index (Phi) is 2.80. The summed E-state index contributed by atoms with van der Waals surface area (Å²) in [6.45, 7) is 0. The number of nitrogens with zero attached hydrogens (tertiary/aromatic N) is 2. The topological polar surface area (TPSA) is 98.6 Å². The number of H-pyrrole nitrogens is 1. The summed E-state index contributed by atoms with van der Waals surface area (Å²) in [5.74, 6) is 0. The molecule has 1 aromatic heterocycles. The highest BCUT2D eigenvalue weighted by molar-refractivity contribution is 7.92. The Morgan fingerprint density at radius 1 is 1.41 bits per heavy atom. The van der Waals surface area contributed by atoms with Crippen molar-refractivity contribution in [1.29, 1.82) is 5.26 Å². The van der Waals surface area contributed by atoms with Gasteiger partial charge < -0.3 is 4.98 Å². The number of anilines is 1. The van der Waals surface area contributed by atoms with Gasteiger partial charge in [-0.2, -0.15) is 13.7 Å². The van der Waals surface area contributed by atoms with Gasteiger partial charge in [-0.3, -0.25) is 4.72 Å². The van der Waals surface area contributed by atoms with Gasteiger partial charge in [0.2, 0.25) is 0 Å². The van der Waals surface area contributed by atoms with Gasteiger partial charge in [-0.05, 0) is 18.2 Å². The van der Waals surface area contributed by atoms with Crippen LogP contribution in [0.15, 0.2) is 41.8 Å². The normalized spacial score (nSPS) is 10.8. The molecule has 2 aromatic rings. The molecule has 0 amide bonds. The second-order valence-corrected chi connectivity index (χ2v) is 4.86. The van der Waals surface area contributed by atoms with Crippen LogP contribution in [0.3, 0.4) is 0 Å². The monoisotopic (exact) mass is 248 g/mol. The summed E-state index contributed by atoms with van der Waals surface area (Å²) in [5, 5.41) is 8.67. The number of benzene rings is 1. The third-order valence-electron chi connectivity index (χ3n) is 2.01. The summed E-state index contributed by atoms with van der Waals surface area (Å²) < 4.78 is 25.9.